The number of hydrogen-bond donors (Lipinski definition) is 2. The Balaban J connectivity index is 2.19. The van der Waals surface area contributed by atoms with Gasteiger partial charge in [-0.1, -0.05) is 0 Å². The Kier molecular flexibility index (Phi) is 5.57. The van der Waals surface area contributed by atoms with Crippen LogP contribution in [0.5, 0.6) is 0 Å². The molecule has 2 N–H and O–H groups in total. The van der Waals surface area contributed by atoms with E-state index in [9.17, 15) is 0 Å². The van der Waals surface area contributed by atoms with Gasteiger partial charge >= 0.3 is 0 Å². The van der Waals surface area contributed by atoms with E-state index in [1.807, 2.05) is 0 Å². The molecular weight excluding hydrogens is 212 g/mol. The second kappa shape index (κ2) is 7.08. The Bertz CT molecular complexity index is 293. The first-order chi connectivity index (χ1) is 7.33. The van der Waals surface area contributed by atoms with Crippen LogP contribution >= 0.6 is 12.2 Å². The number of anilines is 1. The standard InChI is InChI=1S/C9H14N4OS/c1-14-7-3-6-12-9(15)13-8-10-4-2-5-11-8/h2,4-5H,3,6-7H2,1H3,(H2,10,11,12,13,15). The summed E-state index contributed by atoms with van der Waals surface area (Å²) in [6, 6.07) is 1.75. The molecule has 0 fully saturated rings. The number of ether oxygens (including phenoxy) is 1. The minimum Gasteiger partial charge on any atom is -0.385 e. The van der Waals surface area contributed by atoms with Crippen LogP contribution < -0.4 is 10.6 Å². The highest BCUT2D eigenvalue weighted by Crippen LogP contribution is 1.93. The van der Waals surface area contributed by atoms with E-state index in [4.69, 9.17) is 17.0 Å². The Labute approximate surface area is 94.3 Å². The van der Waals surface area contributed by atoms with Crippen LogP contribution in [0.4, 0.5) is 5.95 Å². The maximum absolute atomic E-state index is 5.04. The SMILES string of the molecule is COCCCNC(=S)Nc1ncccn1. The van der Waals surface area contributed by atoms with Gasteiger partial charge in [-0.15, -0.1) is 0 Å². The lowest BCUT2D eigenvalue weighted by atomic mass is 10.4. The Hall–Kier alpha value is -1.27. The molecule has 0 spiro atoms. The molecule has 0 atom stereocenters. The molecule has 0 aliphatic rings. The van der Waals surface area contributed by atoms with Gasteiger partial charge in [0.05, 0.1) is 0 Å². The molecule has 0 unspecified atom stereocenters. The summed E-state index contributed by atoms with van der Waals surface area (Å²) in [4.78, 5) is 7.98. The van der Waals surface area contributed by atoms with E-state index >= 15 is 0 Å². The molecule has 6 heteroatoms. The van der Waals surface area contributed by atoms with E-state index in [1.54, 1.807) is 25.6 Å². The summed E-state index contributed by atoms with van der Waals surface area (Å²) in [5.74, 6) is 0.502. The summed E-state index contributed by atoms with van der Waals surface area (Å²) < 4.78 is 4.91. The zero-order valence-electron chi connectivity index (χ0n) is 8.56. The summed E-state index contributed by atoms with van der Waals surface area (Å²) in [6.45, 7) is 1.49. The van der Waals surface area contributed by atoms with Crippen LogP contribution in [0.3, 0.4) is 0 Å². The van der Waals surface area contributed by atoms with E-state index in [0.29, 0.717) is 11.1 Å². The van der Waals surface area contributed by atoms with Crippen molar-refractivity contribution in [1.82, 2.24) is 15.3 Å². The van der Waals surface area contributed by atoms with Gasteiger partial charge in [0.1, 0.15) is 0 Å². The van der Waals surface area contributed by atoms with E-state index in [1.165, 1.54) is 0 Å². The molecule has 0 aliphatic carbocycles. The van der Waals surface area contributed by atoms with Crippen LogP contribution in [-0.2, 0) is 4.74 Å². The molecular formula is C9H14N4OS. The zero-order valence-corrected chi connectivity index (χ0v) is 9.38. The second-order valence-electron chi connectivity index (χ2n) is 2.80. The highest BCUT2D eigenvalue weighted by atomic mass is 32.1. The zero-order chi connectivity index (χ0) is 10.9. The average molecular weight is 226 g/mol. The van der Waals surface area contributed by atoms with Gasteiger partial charge < -0.3 is 15.4 Å². The van der Waals surface area contributed by atoms with Crippen molar-refractivity contribution in [2.45, 2.75) is 6.42 Å². The third kappa shape index (κ3) is 5.24. The lowest BCUT2D eigenvalue weighted by molar-refractivity contribution is 0.196. The van der Waals surface area contributed by atoms with Crippen LogP contribution in [0.1, 0.15) is 6.42 Å². The van der Waals surface area contributed by atoms with E-state index in [2.05, 4.69) is 20.6 Å². The highest BCUT2D eigenvalue weighted by Gasteiger charge is 1.97. The van der Waals surface area contributed by atoms with Crippen molar-refractivity contribution in [3.63, 3.8) is 0 Å². The number of nitrogens with one attached hydrogen (secondary N) is 2. The normalized spacial score (nSPS) is 9.67. The summed E-state index contributed by atoms with van der Waals surface area (Å²) >= 11 is 5.04. The van der Waals surface area contributed by atoms with Crippen molar-refractivity contribution in [2.24, 2.45) is 0 Å². The largest absolute Gasteiger partial charge is 0.385 e. The first-order valence-corrected chi connectivity index (χ1v) is 5.04. The van der Waals surface area contributed by atoms with E-state index < -0.39 is 0 Å². The lowest BCUT2D eigenvalue weighted by Crippen LogP contribution is -2.30. The monoisotopic (exact) mass is 226 g/mol. The molecule has 15 heavy (non-hydrogen) atoms. The van der Waals surface area contributed by atoms with Gasteiger partial charge in [0.25, 0.3) is 0 Å². The van der Waals surface area contributed by atoms with Gasteiger partial charge in [-0.05, 0) is 24.7 Å². The molecule has 0 aliphatic heterocycles. The Morgan fingerprint density at radius 2 is 2.20 bits per heavy atom. The minimum atomic E-state index is 0.502. The van der Waals surface area contributed by atoms with Crippen molar-refractivity contribution >= 4 is 23.3 Å². The number of methoxy groups -OCH3 is 1. The number of rotatable bonds is 5. The number of nitrogens with zero attached hydrogens (tertiary/aromatic N) is 2. The van der Waals surface area contributed by atoms with Crippen molar-refractivity contribution < 1.29 is 4.74 Å². The van der Waals surface area contributed by atoms with Gasteiger partial charge in [0.2, 0.25) is 5.95 Å². The van der Waals surface area contributed by atoms with Crippen molar-refractivity contribution in [3.05, 3.63) is 18.5 Å². The van der Waals surface area contributed by atoms with Crippen LogP contribution in [0.15, 0.2) is 18.5 Å². The van der Waals surface area contributed by atoms with Gasteiger partial charge in [-0.25, -0.2) is 9.97 Å². The molecule has 0 aromatic carbocycles. The summed E-state index contributed by atoms with van der Waals surface area (Å²) in [6.07, 6.45) is 4.22. The molecule has 0 radical (unpaired) electrons. The maximum atomic E-state index is 5.04. The number of hydrogen-bond acceptors (Lipinski definition) is 4. The van der Waals surface area contributed by atoms with Gasteiger partial charge in [-0.2, -0.15) is 0 Å². The van der Waals surface area contributed by atoms with Crippen molar-refractivity contribution in [3.8, 4) is 0 Å². The topological polar surface area (TPSA) is 59.1 Å². The maximum Gasteiger partial charge on any atom is 0.228 e. The molecule has 0 amide bonds. The van der Waals surface area contributed by atoms with Gasteiger partial charge in [0, 0.05) is 32.7 Å². The molecule has 0 saturated carbocycles. The molecule has 5 nitrogen and oxygen atoms in total. The Morgan fingerprint density at radius 3 is 2.87 bits per heavy atom. The lowest BCUT2D eigenvalue weighted by Gasteiger charge is -2.08. The molecule has 1 rings (SSSR count). The quantitative estimate of drug-likeness (QED) is 0.572. The third-order valence-electron chi connectivity index (χ3n) is 1.60. The van der Waals surface area contributed by atoms with Gasteiger partial charge in [0.15, 0.2) is 5.11 Å². The minimum absolute atomic E-state index is 0.502. The van der Waals surface area contributed by atoms with E-state index in [0.717, 1.165) is 19.6 Å². The second-order valence-corrected chi connectivity index (χ2v) is 3.21. The Morgan fingerprint density at radius 1 is 1.47 bits per heavy atom. The predicted molar refractivity (Wildman–Crippen MR) is 62.7 cm³/mol. The van der Waals surface area contributed by atoms with Crippen LogP contribution in [0.25, 0.3) is 0 Å². The van der Waals surface area contributed by atoms with Crippen molar-refractivity contribution in [2.75, 3.05) is 25.6 Å². The molecule has 1 heterocycles. The number of aromatic nitrogens is 2. The average Bonchev–Trinajstić information content (AvgIpc) is 2.26. The molecule has 1 aromatic rings. The third-order valence-corrected chi connectivity index (χ3v) is 1.85. The van der Waals surface area contributed by atoms with Crippen LogP contribution in [0, 0.1) is 0 Å². The van der Waals surface area contributed by atoms with E-state index in [-0.39, 0.29) is 0 Å². The highest BCUT2D eigenvalue weighted by molar-refractivity contribution is 7.80. The number of thiocarbonyl (C=S) groups is 1. The smallest absolute Gasteiger partial charge is 0.228 e. The fraction of sp³-hybridized carbons (Fsp3) is 0.444. The summed E-state index contributed by atoms with van der Waals surface area (Å²) in [7, 11) is 1.67. The molecule has 82 valence electrons. The fourth-order valence-corrected chi connectivity index (χ4v) is 1.12. The van der Waals surface area contributed by atoms with Crippen LogP contribution in [-0.4, -0.2) is 35.3 Å². The predicted octanol–water partition coefficient (Wildman–Crippen LogP) is 0.799. The van der Waals surface area contributed by atoms with Crippen molar-refractivity contribution in [1.29, 1.82) is 0 Å². The molecule has 1 aromatic heterocycles. The summed E-state index contributed by atoms with van der Waals surface area (Å²) in [5.41, 5.74) is 0. The first kappa shape index (κ1) is 11.8. The molecule has 0 saturated heterocycles. The molecule has 0 bridgehead atoms. The fourth-order valence-electron chi connectivity index (χ4n) is 0.928. The van der Waals surface area contributed by atoms with Gasteiger partial charge in [-0.3, -0.25) is 0 Å². The van der Waals surface area contributed by atoms with Crippen LogP contribution in [0.2, 0.25) is 0 Å². The summed E-state index contributed by atoms with van der Waals surface area (Å²) in [5, 5.41) is 6.43. The first-order valence-electron chi connectivity index (χ1n) is 4.63.